The number of sulfonamides is 1. The highest BCUT2D eigenvalue weighted by atomic mass is 35.5. The van der Waals surface area contributed by atoms with Crippen LogP contribution in [0.5, 0.6) is 0 Å². The Labute approximate surface area is 164 Å². The Kier molecular flexibility index (Phi) is 4.10. The summed E-state index contributed by atoms with van der Waals surface area (Å²) in [6.07, 6.45) is 0. The molecule has 4 rings (SSSR count). The van der Waals surface area contributed by atoms with E-state index in [0.717, 1.165) is 0 Å². The molecule has 2 N–H and O–H groups in total. The summed E-state index contributed by atoms with van der Waals surface area (Å²) in [6, 6.07) is 11.8. The van der Waals surface area contributed by atoms with Gasteiger partial charge in [0.1, 0.15) is 0 Å². The molecule has 1 aliphatic heterocycles. The Morgan fingerprint density at radius 3 is 2.41 bits per heavy atom. The Morgan fingerprint density at radius 1 is 0.889 bits per heavy atom. The first-order valence-electron chi connectivity index (χ1n) is 7.66. The summed E-state index contributed by atoms with van der Waals surface area (Å²) in [5, 5.41) is 3.58. The van der Waals surface area contributed by atoms with E-state index in [1.165, 1.54) is 30.3 Å². The van der Waals surface area contributed by atoms with Crippen LogP contribution in [0.25, 0.3) is 10.8 Å². The van der Waals surface area contributed by atoms with Crippen LogP contribution in [0.2, 0.25) is 10.0 Å². The molecule has 27 heavy (non-hydrogen) atoms. The zero-order valence-corrected chi connectivity index (χ0v) is 15.7. The molecule has 3 aromatic rings. The van der Waals surface area contributed by atoms with Crippen molar-refractivity contribution < 1.29 is 18.0 Å². The van der Waals surface area contributed by atoms with E-state index in [9.17, 15) is 18.0 Å². The fraction of sp³-hybridized carbons (Fsp3) is 0. The van der Waals surface area contributed by atoms with Crippen molar-refractivity contribution >= 4 is 61.5 Å². The lowest BCUT2D eigenvalue weighted by molar-refractivity contribution is 0.0845. The quantitative estimate of drug-likeness (QED) is 0.629. The number of imide groups is 1. The molecule has 9 heteroatoms. The van der Waals surface area contributed by atoms with Gasteiger partial charge in [-0.25, -0.2) is 8.42 Å². The standard InChI is InChI=1S/C18H10Cl2N2O4S/c19-10-4-5-14(20)15(7-10)22-27(25,26)11-6-9-2-1-3-12-16(9)13(8-11)18(24)21-17(12)23/h1-8,22H,(H,21,23,24). The van der Waals surface area contributed by atoms with Crippen molar-refractivity contribution in [2.24, 2.45) is 0 Å². The van der Waals surface area contributed by atoms with E-state index in [2.05, 4.69) is 10.0 Å². The van der Waals surface area contributed by atoms with Crippen LogP contribution in [0.1, 0.15) is 20.7 Å². The molecule has 0 aliphatic carbocycles. The molecule has 1 heterocycles. The van der Waals surface area contributed by atoms with Gasteiger partial charge in [0, 0.05) is 21.5 Å². The van der Waals surface area contributed by atoms with E-state index in [4.69, 9.17) is 23.2 Å². The molecule has 0 atom stereocenters. The minimum atomic E-state index is -4.06. The van der Waals surface area contributed by atoms with Crippen LogP contribution < -0.4 is 10.0 Å². The molecule has 0 bridgehead atoms. The predicted octanol–water partition coefficient (Wildman–Crippen LogP) is 3.83. The van der Waals surface area contributed by atoms with Crippen LogP contribution in [0, 0.1) is 0 Å². The lowest BCUT2D eigenvalue weighted by Crippen LogP contribution is -2.34. The molecular formula is C18H10Cl2N2O4S. The fourth-order valence-electron chi connectivity index (χ4n) is 2.94. The monoisotopic (exact) mass is 420 g/mol. The van der Waals surface area contributed by atoms with E-state index in [-0.39, 0.29) is 21.2 Å². The molecule has 0 saturated heterocycles. The smallest absolute Gasteiger partial charge is 0.261 e. The minimum Gasteiger partial charge on any atom is -0.288 e. The minimum absolute atomic E-state index is 0.111. The van der Waals surface area contributed by atoms with Crippen LogP contribution in [0.4, 0.5) is 5.69 Å². The van der Waals surface area contributed by atoms with E-state index in [1.807, 2.05) is 0 Å². The molecule has 1 aliphatic rings. The normalized spacial score (nSPS) is 13.6. The number of hydrogen-bond acceptors (Lipinski definition) is 4. The summed E-state index contributed by atoms with van der Waals surface area (Å²) < 4.78 is 28.1. The summed E-state index contributed by atoms with van der Waals surface area (Å²) in [4.78, 5) is 24.1. The Hall–Kier alpha value is -2.61. The molecule has 3 aromatic carbocycles. The number of carbonyl (C=O) groups is 2. The van der Waals surface area contributed by atoms with Crippen LogP contribution >= 0.6 is 23.2 Å². The van der Waals surface area contributed by atoms with Crippen LogP contribution in [0.15, 0.2) is 53.4 Å². The van der Waals surface area contributed by atoms with Crippen LogP contribution in [-0.4, -0.2) is 20.2 Å². The maximum Gasteiger partial charge on any atom is 0.261 e. The molecule has 0 fully saturated rings. The number of halogens is 2. The number of rotatable bonds is 3. The fourth-order valence-corrected chi connectivity index (χ4v) is 4.47. The van der Waals surface area contributed by atoms with Crippen molar-refractivity contribution in [1.82, 2.24) is 5.32 Å². The van der Waals surface area contributed by atoms with Gasteiger partial charge in [-0.2, -0.15) is 0 Å². The lowest BCUT2D eigenvalue weighted by atomic mass is 9.95. The average molecular weight is 421 g/mol. The SMILES string of the molecule is O=C1NC(=O)c2cc(S(=O)(=O)Nc3cc(Cl)ccc3Cl)cc3cccc1c23. The number of anilines is 1. The highest BCUT2D eigenvalue weighted by Crippen LogP contribution is 2.32. The third-order valence-electron chi connectivity index (χ3n) is 4.15. The van der Waals surface area contributed by atoms with Crippen molar-refractivity contribution in [2.45, 2.75) is 4.90 Å². The summed E-state index contributed by atoms with van der Waals surface area (Å²) in [5.74, 6) is -1.17. The lowest BCUT2D eigenvalue weighted by Gasteiger charge is -2.18. The molecular weight excluding hydrogens is 411 g/mol. The molecule has 0 saturated carbocycles. The Bertz CT molecular complexity index is 1260. The van der Waals surface area contributed by atoms with Gasteiger partial charge in [0.2, 0.25) is 0 Å². The van der Waals surface area contributed by atoms with Gasteiger partial charge in [0.05, 0.1) is 15.6 Å². The molecule has 136 valence electrons. The average Bonchev–Trinajstić information content (AvgIpc) is 2.62. The number of hydrogen-bond donors (Lipinski definition) is 2. The van der Waals surface area contributed by atoms with Crippen molar-refractivity contribution in [3.05, 3.63) is 69.7 Å². The highest BCUT2D eigenvalue weighted by molar-refractivity contribution is 7.92. The maximum absolute atomic E-state index is 12.8. The first-order valence-corrected chi connectivity index (χ1v) is 9.90. The number of amides is 2. The van der Waals surface area contributed by atoms with Gasteiger partial charge in [-0.05, 0) is 41.8 Å². The Morgan fingerprint density at radius 2 is 1.63 bits per heavy atom. The first-order chi connectivity index (χ1) is 12.8. The summed E-state index contributed by atoms with van der Waals surface area (Å²) >= 11 is 11.9. The molecule has 0 spiro atoms. The van der Waals surface area contributed by atoms with Gasteiger partial charge in [-0.1, -0.05) is 35.3 Å². The van der Waals surface area contributed by atoms with E-state index in [0.29, 0.717) is 21.4 Å². The predicted molar refractivity (Wildman–Crippen MR) is 103 cm³/mol. The summed E-state index contributed by atoms with van der Waals surface area (Å²) in [6.45, 7) is 0. The topological polar surface area (TPSA) is 92.3 Å². The number of nitrogens with one attached hydrogen (secondary N) is 2. The van der Waals surface area contributed by atoms with Crippen molar-refractivity contribution in [2.75, 3.05) is 4.72 Å². The maximum atomic E-state index is 12.8. The van der Waals surface area contributed by atoms with Crippen molar-refractivity contribution in [1.29, 1.82) is 0 Å². The summed E-state index contributed by atoms with van der Waals surface area (Å²) in [7, 11) is -4.06. The number of carbonyl (C=O) groups excluding carboxylic acids is 2. The van der Waals surface area contributed by atoms with E-state index >= 15 is 0 Å². The summed E-state index contributed by atoms with van der Waals surface area (Å²) in [5.41, 5.74) is 0.545. The molecule has 0 radical (unpaired) electrons. The number of benzene rings is 3. The van der Waals surface area contributed by atoms with Gasteiger partial charge in [0.25, 0.3) is 21.8 Å². The zero-order chi connectivity index (χ0) is 19.3. The second kappa shape index (κ2) is 6.23. The van der Waals surface area contributed by atoms with Gasteiger partial charge in [-0.15, -0.1) is 0 Å². The largest absolute Gasteiger partial charge is 0.288 e. The Balaban J connectivity index is 1.88. The third-order valence-corrected chi connectivity index (χ3v) is 6.06. The van der Waals surface area contributed by atoms with E-state index in [1.54, 1.807) is 18.2 Å². The molecule has 0 aromatic heterocycles. The third kappa shape index (κ3) is 3.03. The van der Waals surface area contributed by atoms with Gasteiger partial charge >= 0.3 is 0 Å². The first kappa shape index (κ1) is 17.8. The molecule has 2 amide bonds. The molecule has 6 nitrogen and oxygen atoms in total. The van der Waals surface area contributed by atoms with E-state index < -0.39 is 21.8 Å². The van der Waals surface area contributed by atoms with Crippen molar-refractivity contribution in [3.8, 4) is 0 Å². The van der Waals surface area contributed by atoms with Crippen LogP contribution in [0.3, 0.4) is 0 Å². The van der Waals surface area contributed by atoms with Gasteiger partial charge in [0.15, 0.2) is 0 Å². The zero-order valence-electron chi connectivity index (χ0n) is 13.4. The van der Waals surface area contributed by atoms with Gasteiger partial charge in [-0.3, -0.25) is 19.6 Å². The molecule has 0 unspecified atom stereocenters. The van der Waals surface area contributed by atoms with Gasteiger partial charge < -0.3 is 0 Å². The highest BCUT2D eigenvalue weighted by Gasteiger charge is 2.27. The second-order valence-corrected chi connectivity index (χ2v) is 8.41. The van der Waals surface area contributed by atoms with Crippen LogP contribution in [-0.2, 0) is 10.0 Å². The second-order valence-electron chi connectivity index (χ2n) is 5.89. The van der Waals surface area contributed by atoms with Crippen molar-refractivity contribution in [3.63, 3.8) is 0 Å².